The number of hydrogen-bond acceptors (Lipinski definition) is 23. The van der Waals surface area contributed by atoms with Gasteiger partial charge in [0, 0.05) is 0 Å². The highest BCUT2D eigenvalue weighted by atomic mass is 16.7. The van der Waals surface area contributed by atoms with Crippen molar-refractivity contribution >= 4 is 0 Å². The van der Waals surface area contributed by atoms with Gasteiger partial charge >= 0.3 is 0 Å². The molecule has 4 aliphatic heterocycles. The predicted octanol–water partition coefficient (Wildman–Crippen LogP) is -6.93. The molecule has 0 amide bonds. The Balaban J connectivity index is 0.000000490. The number of ether oxygens (including phenoxy) is 9. The second-order valence-corrected chi connectivity index (χ2v) is 15.6. The minimum absolute atomic E-state index is 0. The van der Waals surface area contributed by atoms with Crippen molar-refractivity contribution in [1.82, 2.24) is 0 Å². The molecular weight excluding hydrogens is 816 g/mol. The molecule has 24 heteroatoms. The van der Waals surface area contributed by atoms with Gasteiger partial charge in [-0.3, -0.25) is 0 Å². The zero-order valence-electron chi connectivity index (χ0n) is 35.1. The highest BCUT2D eigenvalue weighted by Crippen LogP contribution is 2.31. The Labute approximate surface area is 348 Å². The predicted molar refractivity (Wildman–Crippen MR) is 200 cm³/mol. The molecule has 0 aromatic carbocycles. The van der Waals surface area contributed by atoms with Crippen LogP contribution in [0.4, 0.5) is 0 Å². The van der Waals surface area contributed by atoms with Gasteiger partial charge in [-0.2, -0.15) is 0 Å². The summed E-state index contributed by atoms with van der Waals surface area (Å²) in [5.41, 5.74) is 0. The molecular formula is C36H72O24. The van der Waals surface area contributed by atoms with Crippen LogP contribution < -0.4 is 0 Å². The fourth-order valence-corrected chi connectivity index (χ4v) is 6.40. The van der Waals surface area contributed by atoms with E-state index in [1.54, 1.807) is 55.4 Å². The molecule has 20 atom stereocenters. The molecule has 0 spiro atoms. The third-order valence-electron chi connectivity index (χ3n) is 9.29. The fraction of sp³-hybridized carbons (Fsp3) is 1.00. The fourth-order valence-electron chi connectivity index (χ4n) is 6.40. The van der Waals surface area contributed by atoms with Crippen molar-refractivity contribution in [3.8, 4) is 0 Å². The largest absolute Gasteiger partial charge is 0.412 e. The Morgan fingerprint density at radius 2 is 0.667 bits per heavy atom. The van der Waals surface area contributed by atoms with E-state index in [-0.39, 0.29) is 29.9 Å². The third kappa shape index (κ3) is 15.6. The smallest absolute Gasteiger partial charge is 0.187 e. The number of aliphatic hydroxyl groups excluding tert-OH is 14. The molecule has 4 heterocycles. The van der Waals surface area contributed by atoms with E-state index in [9.17, 15) is 61.3 Å². The van der Waals surface area contributed by atoms with Gasteiger partial charge in [0.15, 0.2) is 25.2 Å². The lowest BCUT2D eigenvalue weighted by Crippen LogP contribution is -2.65. The lowest BCUT2D eigenvalue weighted by atomic mass is 9.96. The average Bonchev–Trinajstić information content (AvgIpc) is 3.17. The van der Waals surface area contributed by atoms with Crippen molar-refractivity contribution < 1.29 is 120 Å². The van der Waals surface area contributed by atoms with Crippen LogP contribution in [-0.4, -0.2) is 251 Å². The summed E-state index contributed by atoms with van der Waals surface area (Å²) in [5.74, 6) is 0. The van der Waals surface area contributed by atoms with Crippen molar-refractivity contribution in [1.29, 1.82) is 0 Å². The van der Waals surface area contributed by atoms with Crippen molar-refractivity contribution in [2.75, 3.05) is 26.4 Å². The summed E-state index contributed by atoms with van der Waals surface area (Å²) >= 11 is 0. The topological polar surface area (TPSA) is 398 Å². The molecule has 0 saturated carbocycles. The highest BCUT2D eigenvalue weighted by Gasteiger charge is 2.52. The van der Waals surface area contributed by atoms with E-state index in [1.807, 2.05) is 0 Å². The molecule has 0 radical (unpaired) electrons. The lowest BCUT2D eigenvalue weighted by molar-refractivity contribution is -0.364. The molecule has 4 rings (SSSR count). The van der Waals surface area contributed by atoms with Crippen molar-refractivity contribution in [2.45, 2.75) is 203 Å². The second-order valence-electron chi connectivity index (χ2n) is 15.6. The summed E-state index contributed by atoms with van der Waals surface area (Å²) in [6, 6.07) is 0. The number of aliphatic hydroxyl groups is 14. The van der Waals surface area contributed by atoms with Gasteiger partial charge in [0.1, 0.15) is 97.7 Å². The van der Waals surface area contributed by atoms with E-state index in [2.05, 4.69) is 0 Å². The van der Waals surface area contributed by atoms with Crippen LogP contribution in [0.15, 0.2) is 0 Å². The molecule has 0 aromatic rings. The van der Waals surface area contributed by atoms with Crippen LogP contribution in [0.3, 0.4) is 0 Å². The summed E-state index contributed by atoms with van der Waals surface area (Å²) in [4.78, 5) is 0. The van der Waals surface area contributed by atoms with E-state index in [4.69, 9.17) is 52.8 Å². The molecule has 4 fully saturated rings. The maximum atomic E-state index is 10.5. The first-order valence-corrected chi connectivity index (χ1v) is 19.7. The van der Waals surface area contributed by atoms with Crippen LogP contribution in [0.25, 0.3) is 0 Å². The maximum Gasteiger partial charge on any atom is 0.187 e. The quantitative estimate of drug-likeness (QED) is 0.0770. The van der Waals surface area contributed by atoms with Crippen molar-refractivity contribution in [2.24, 2.45) is 0 Å². The molecule has 60 heavy (non-hydrogen) atoms. The Hall–Kier alpha value is -0.960. The summed E-state index contributed by atoms with van der Waals surface area (Å²) in [6.45, 7) is 12.0. The van der Waals surface area contributed by atoms with Gasteiger partial charge in [-0.25, -0.2) is 0 Å². The molecule has 20 unspecified atom stereocenters. The summed E-state index contributed by atoms with van der Waals surface area (Å²) in [5, 5.41) is 135. The monoisotopic (exact) mass is 888 g/mol. The van der Waals surface area contributed by atoms with Gasteiger partial charge in [0.2, 0.25) is 0 Å². The zero-order valence-corrected chi connectivity index (χ0v) is 35.1. The Morgan fingerprint density at radius 1 is 0.350 bits per heavy atom. The normalized spacial score (nSPS) is 42.3. The second kappa shape index (κ2) is 26.7. The SMILES string of the molecule is CC(C)OC1C(CO)OC(O)C(O)C1O.CC(C)OC1OC(CO)C(O)C(O)C1O.CC(C)OC1OC(CO)C(OC2OC(CO)C(OC(C)C)C(O)C2O)C(O)C1O.O. The lowest BCUT2D eigenvalue weighted by Gasteiger charge is -2.47. The van der Waals surface area contributed by atoms with E-state index < -0.39 is 149 Å². The Kier molecular flexibility index (Phi) is 25.4. The van der Waals surface area contributed by atoms with Crippen LogP contribution >= 0.6 is 0 Å². The van der Waals surface area contributed by atoms with Gasteiger partial charge in [-0.1, -0.05) is 0 Å². The van der Waals surface area contributed by atoms with Crippen LogP contribution in [0.2, 0.25) is 0 Å². The minimum Gasteiger partial charge on any atom is -0.412 e. The van der Waals surface area contributed by atoms with Crippen LogP contribution in [0, 0.1) is 0 Å². The van der Waals surface area contributed by atoms with E-state index >= 15 is 0 Å². The van der Waals surface area contributed by atoms with Gasteiger partial charge in [-0.05, 0) is 55.4 Å². The Morgan fingerprint density at radius 3 is 1.08 bits per heavy atom. The number of rotatable bonds is 14. The molecule has 24 nitrogen and oxygen atoms in total. The molecule has 0 bridgehead atoms. The first-order chi connectivity index (χ1) is 27.5. The standard InChI is InChI=1S/C18H34O11.2C9H18O6.H2O/c1-7(2)25-15-9(5-19)28-18(14(24)11(15)21)29-16-10(6-20)27-17(26-8(3)4)13(23)12(16)22;1-4(2)14-8-5(3-10)15-9(13)7(12)6(8)11;1-4(2)14-9-8(13)7(12)6(11)5(3-10)15-9;/h7-24H,5-6H2,1-4H3;2*4-13H,3H2,1-2H3;1H2. The molecule has 4 aliphatic rings. The average molecular weight is 889 g/mol. The molecule has 0 aromatic heterocycles. The van der Waals surface area contributed by atoms with Gasteiger partial charge in [0.25, 0.3) is 0 Å². The third-order valence-corrected chi connectivity index (χ3v) is 9.29. The van der Waals surface area contributed by atoms with Crippen LogP contribution in [-0.2, 0) is 42.6 Å². The molecule has 4 saturated heterocycles. The Bertz CT molecular complexity index is 1130. The zero-order chi connectivity index (χ0) is 45.0. The molecule has 16 N–H and O–H groups in total. The van der Waals surface area contributed by atoms with E-state index in [0.29, 0.717) is 0 Å². The number of hydrogen-bond donors (Lipinski definition) is 14. The summed E-state index contributed by atoms with van der Waals surface area (Å²) in [6.07, 6.45) is -25.9. The van der Waals surface area contributed by atoms with Crippen molar-refractivity contribution in [3.05, 3.63) is 0 Å². The minimum atomic E-state index is -1.57. The maximum absolute atomic E-state index is 10.5. The van der Waals surface area contributed by atoms with E-state index in [0.717, 1.165) is 0 Å². The first-order valence-electron chi connectivity index (χ1n) is 19.7. The van der Waals surface area contributed by atoms with Gasteiger partial charge in [0.05, 0.1) is 50.8 Å². The van der Waals surface area contributed by atoms with E-state index in [1.165, 1.54) is 0 Å². The molecule has 0 aliphatic carbocycles. The first kappa shape index (κ1) is 57.1. The summed E-state index contributed by atoms with van der Waals surface area (Å²) in [7, 11) is 0. The van der Waals surface area contributed by atoms with Crippen LogP contribution in [0.1, 0.15) is 55.4 Å². The van der Waals surface area contributed by atoms with Gasteiger partial charge in [-0.15, -0.1) is 0 Å². The molecule has 360 valence electrons. The van der Waals surface area contributed by atoms with Gasteiger partial charge < -0.3 is 120 Å². The van der Waals surface area contributed by atoms with Crippen LogP contribution in [0.5, 0.6) is 0 Å². The van der Waals surface area contributed by atoms with Crippen molar-refractivity contribution in [3.63, 3.8) is 0 Å². The summed E-state index contributed by atoms with van der Waals surface area (Å²) < 4.78 is 48.1. The highest BCUT2D eigenvalue weighted by molar-refractivity contribution is 4.95.